The molecule has 3 heterocycles. The Balaban J connectivity index is 1.90. The molecule has 3 aromatic rings. The van der Waals surface area contributed by atoms with Crippen LogP contribution >= 0.6 is 0 Å². The summed E-state index contributed by atoms with van der Waals surface area (Å²) < 4.78 is 43.5. The second kappa shape index (κ2) is 6.43. The second-order valence-corrected chi connectivity index (χ2v) is 6.31. The first-order chi connectivity index (χ1) is 12.1. The van der Waals surface area contributed by atoms with Gasteiger partial charge in [-0.3, -0.25) is 4.79 Å². The van der Waals surface area contributed by atoms with Crippen LogP contribution in [0.25, 0.3) is 17.0 Å². The number of carbonyl (C=O) groups excluding carboxylic acids is 1. The van der Waals surface area contributed by atoms with E-state index in [4.69, 9.17) is 0 Å². The van der Waals surface area contributed by atoms with Gasteiger partial charge in [-0.05, 0) is 18.1 Å². The number of amides is 1. The average molecular weight is 367 g/mol. The molecule has 0 bridgehead atoms. The second-order valence-electron chi connectivity index (χ2n) is 6.31. The van der Waals surface area contributed by atoms with E-state index in [0.29, 0.717) is 23.7 Å². The molecule has 0 spiro atoms. The Kier molecular flexibility index (Phi) is 4.43. The van der Waals surface area contributed by atoms with E-state index in [1.807, 2.05) is 13.8 Å². The Morgan fingerprint density at radius 3 is 2.62 bits per heavy atom. The largest absolute Gasteiger partial charge is 0.471 e. The maximum Gasteiger partial charge on any atom is 0.471 e. The normalized spacial score (nSPS) is 12.1. The van der Waals surface area contributed by atoms with Crippen LogP contribution in [0.1, 0.15) is 30.2 Å². The molecule has 0 saturated carbocycles. The molecule has 138 valence electrons. The number of aromatic nitrogens is 4. The predicted octanol–water partition coefficient (Wildman–Crippen LogP) is 3.13. The highest BCUT2D eigenvalue weighted by Crippen LogP contribution is 2.29. The first-order valence-electron chi connectivity index (χ1n) is 7.80. The zero-order valence-corrected chi connectivity index (χ0v) is 14.3. The molecule has 0 fully saturated rings. The number of nitrogens with zero attached hydrogens (tertiary/aromatic N) is 5. The smallest absolute Gasteiger partial charge is 0.340 e. The first kappa shape index (κ1) is 17.9. The van der Waals surface area contributed by atoms with Crippen LogP contribution in [0, 0.1) is 5.92 Å². The van der Waals surface area contributed by atoms with Crippen molar-refractivity contribution in [2.45, 2.75) is 20.0 Å². The first-order valence-corrected chi connectivity index (χ1v) is 7.80. The van der Waals surface area contributed by atoms with Crippen LogP contribution in [-0.2, 0) is 6.18 Å². The number of pyridine rings is 1. The fourth-order valence-corrected chi connectivity index (χ4v) is 2.51. The summed E-state index contributed by atoms with van der Waals surface area (Å²) in [5, 5.41) is 3.35. The number of halogens is 3. The van der Waals surface area contributed by atoms with Gasteiger partial charge in [0, 0.05) is 31.5 Å². The van der Waals surface area contributed by atoms with Crippen molar-refractivity contribution in [3.05, 3.63) is 36.1 Å². The fourth-order valence-electron chi connectivity index (χ4n) is 2.51. The van der Waals surface area contributed by atoms with Crippen LogP contribution in [-0.4, -0.2) is 43.9 Å². The topological polar surface area (TPSA) is 76.5 Å². The van der Waals surface area contributed by atoms with Crippen LogP contribution < -0.4 is 0 Å². The van der Waals surface area contributed by atoms with Crippen molar-refractivity contribution in [1.29, 1.82) is 0 Å². The van der Waals surface area contributed by atoms with Gasteiger partial charge in [0.05, 0.1) is 0 Å². The Hall–Kier alpha value is -2.91. The van der Waals surface area contributed by atoms with E-state index in [0.717, 1.165) is 0 Å². The van der Waals surface area contributed by atoms with Gasteiger partial charge >= 0.3 is 12.1 Å². The summed E-state index contributed by atoms with van der Waals surface area (Å²) in [5.41, 5.74) is 1.03. The van der Waals surface area contributed by atoms with Crippen molar-refractivity contribution < 1.29 is 22.5 Å². The minimum atomic E-state index is -4.70. The maximum absolute atomic E-state index is 12.6. The molecule has 0 N–H and O–H groups in total. The summed E-state index contributed by atoms with van der Waals surface area (Å²) in [6, 6.07) is 3.08. The molecule has 0 aliphatic rings. The van der Waals surface area contributed by atoms with Gasteiger partial charge in [-0.2, -0.15) is 18.2 Å². The van der Waals surface area contributed by atoms with Crippen molar-refractivity contribution >= 4 is 11.6 Å². The summed E-state index contributed by atoms with van der Waals surface area (Å²) in [7, 11) is 1.69. The van der Waals surface area contributed by atoms with Crippen molar-refractivity contribution in [2.24, 2.45) is 5.92 Å². The Morgan fingerprint density at radius 1 is 1.27 bits per heavy atom. The zero-order valence-electron chi connectivity index (χ0n) is 14.3. The van der Waals surface area contributed by atoms with Gasteiger partial charge in [-0.25, -0.2) is 4.98 Å². The van der Waals surface area contributed by atoms with E-state index in [9.17, 15) is 18.0 Å². The standard InChI is InChI=1S/C16H16F3N5O2/c1-9(2)6-23(3)14(25)11-8-24-7-10(4-5-12(24)20-11)13-21-15(26-22-13)16(17,18)19/h4-5,7-9H,6H2,1-3H3. The van der Waals surface area contributed by atoms with Crippen molar-refractivity contribution in [2.75, 3.05) is 13.6 Å². The van der Waals surface area contributed by atoms with Gasteiger partial charge in [0.25, 0.3) is 5.91 Å². The molecule has 7 nitrogen and oxygen atoms in total. The number of carbonyl (C=O) groups is 1. The van der Waals surface area contributed by atoms with Crippen LogP contribution in [0.15, 0.2) is 29.0 Å². The lowest BCUT2D eigenvalue weighted by atomic mass is 10.2. The van der Waals surface area contributed by atoms with E-state index in [-0.39, 0.29) is 17.4 Å². The lowest BCUT2D eigenvalue weighted by Gasteiger charge is -2.17. The van der Waals surface area contributed by atoms with Crippen molar-refractivity contribution in [3.8, 4) is 11.4 Å². The summed E-state index contributed by atoms with van der Waals surface area (Å²) in [6.45, 7) is 4.58. The van der Waals surface area contributed by atoms with E-state index in [1.165, 1.54) is 22.9 Å². The summed E-state index contributed by atoms with van der Waals surface area (Å²) in [6.07, 6.45) is -1.69. The molecule has 1 amide bonds. The van der Waals surface area contributed by atoms with Gasteiger partial charge in [0.2, 0.25) is 5.82 Å². The molecular weight excluding hydrogens is 351 g/mol. The summed E-state index contributed by atoms with van der Waals surface area (Å²) in [4.78, 5) is 21.6. The Bertz CT molecular complexity index is 945. The molecule has 0 saturated heterocycles. The summed E-state index contributed by atoms with van der Waals surface area (Å²) >= 11 is 0. The molecule has 0 aliphatic carbocycles. The molecule has 3 aromatic heterocycles. The molecule has 10 heteroatoms. The van der Waals surface area contributed by atoms with E-state index < -0.39 is 12.1 Å². The third-order valence-corrected chi connectivity index (χ3v) is 3.58. The highest BCUT2D eigenvalue weighted by molar-refractivity contribution is 5.92. The third-order valence-electron chi connectivity index (χ3n) is 3.58. The SMILES string of the molecule is CC(C)CN(C)C(=O)c1cn2cc(-c3noc(C(F)(F)F)n3)ccc2n1. The molecular formula is C16H16F3N5O2. The van der Waals surface area contributed by atoms with Crippen LogP contribution in [0.4, 0.5) is 13.2 Å². The van der Waals surface area contributed by atoms with Crippen molar-refractivity contribution in [3.63, 3.8) is 0 Å². The monoisotopic (exact) mass is 367 g/mol. The maximum atomic E-state index is 12.6. The molecule has 0 atom stereocenters. The fraction of sp³-hybridized carbons (Fsp3) is 0.375. The Labute approximate surface area is 146 Å². The Morgan fingerprint density at radius 2 is 2.00 bits per heavy atom. The minimum Gasteiger partial charge on any atom is -0.340 e. The van der Waals surface area contributed by atoms with E-state index >= 15 is 0 Å². The average Bonchev–Trinajstić information content (AvgIpc) is 3.19. The third kappa shape index (κ3) is 3.53. The number of imidazole rings is 1. The molecule has 0 aromatic carbocycles. The van der Waals surface area contributed by atoms with Crippen LogP contribution in [0.2, 0.25) is 0 Å². The van der Waals surface area contributed by atoms with Gasteiger partial charge in [0.15, 0.2) is 0 Å². The molecule has 3 rings (SSSR count). The molecule has 0 radical (unpaired) electrons. The highest BCUT2D eigenvalue weighted by atomic mass is 19.4. The van der Waals surface area contributed by atoms with Gasteiger partial charge in [0.1, 0.15) is 11.3 Å². The highest BCUT2D eigenvalue weighted by Gasteiger charge is 2.38. The van der Waals surface area contributed by atoms with Crippen molar-refractivity contribution in [1.82, 2.24) is 24.4 Å². The number of hydrogen-bond donors (Lipinski definition) is 0. The van der Waals surface area contributed by atoms with E-state index in [2.05, 4.69) is 19.6 Å². The lowest BCUT2D eigenvalue weighted by Crippen LogP contribution is -2.30. The predicted molar refractivity (Wildman–Crippen MR) is 85.3 cm³/mol. The number of rotatable bonds is 4. The molecule has 0 unspecified atom stereocenters. The van der Waals surface area contributed by atoms with Crippen LogP contribution in [0.3, 0.4) is 0 Å². The van der Waals surface area contributed by atoms with Gasteiger partial charge < -0.3 is 13.8 Å². The molecule has 0 aliphatic heterocycles. The van der Waals surface area contributed by atoms with Gasteiger partial charge in [-0.1, -0.05) is 19.0 Å². The number of hydrogen-bond acceptors (Lipinski definition) is 5. The summed E-state index contributed by atoms with van der Waals surface area (Å²) in [5.74, 6) is -1.53. The lowest BCUT2D eigenvalue weighted by molar-refractivity contribution is -0.159. The number of fused-ring (bicyclic) bond motifs is 1. The van der Waals surface area contributed by atoms with Gasteiger partial charge in [-0.15, -0.1) is 0 Å². The number of alkyl halides is 3. The quantitative estimate of drug-likeness (QED) is 0.708. The molecule has 26 heavy (non-hydrogen) atoms. The zero-order chi connectivity index (χ0) is 19.1. The van der Waals surface area contributed by atoms with E-state index in [1.54, 1.807) is 18.0 Å². The van der Waals surface area contributed by atoms with Crippen LogP contribution in [0.5, 0.6) is 0 Å². The minimum absolute atomic E-state index is 0.197.